The van der Waals surface area contributed by atoms with Gasteiger partial charge in [-0.3, -0.25) is 0 Å². The molecule has 0 aliphatic carbocycles. The number of nitrogens with zero attached hydrogens (tertiary/aromatic N) is 2. The molecule has 3 rings (SSSR count). The molecule has 0 unspecified atom stereocenters. The van der Waals surface area contributed by atoms with Crippen LogP contribution in [0.2, 0.25) is 0 Å². The van der Waals surface area contributed by atoms with Crippen LogP contribution in [0.15, 0.2) is 70.5 Å². The van der Waals surface area contributed by atoms with Crippen LogP contribution in [-0.2, 0) is 9.47 Å². The Labute approximate surface area is 166 Å². The normalized spacial score (nSPS) is 10.4. The number of ether oxygens (including phenoxy) is 2. The number of benzene rings is 2. The molecule has 28 heavy (non-hydrogen) atoms. The molecule has 0 aliphatic heterocycles. The smallest absolute Gasteiger partial charge is 0.360 e. The van der Waals surface area contributed by atoms with Crippen LogP contribution in [0, 0.1) is 0 Å². The second-order valence-electron chi connectivity index (χ2n) is 5.62. The molecule has 1 heterocycles. The van der Waals surface area contributed by atoms with E-state index in [1.54, 1.807) is 31.2 Å². The van der Waals surface area contributed by atoms with Crippen LogP contribution in [0.1, 0.15) is 27.8 Å². The Morgan fingerprint density at radius 1 is 0.929 bits per heavy atom. The quantitative estimate of drug-likeness (QED) is 0.578. The minimum Gasteiger partial charge on any atom is -0.465 e. The number of aromatic nitrogens is 2. The lowest BCUT2D eigenvalue weighted by Gasteiger charge is -2.11. The predicted molar refractivity (Wildman–Crippen MR) is 105 cm³/mol. The molecule has 0 saturated heterocycles. The molecule has 7 heteroatoms. The first-order valence-electron chi connectivity index (χ1n) is 8.59. The largest absolute Gasteiger partial charge is 0.465 e. The van der Waals surface area contributed by atoms with Crippen LogP contribution >= 0.6 is 11.8 Å². The van der Waals surface area contributed by atoms with Gasteiger partial charge in [0.2, 0.25) is 0 Å². The van der Waals surface area contributed by atoms with Crippen molar-refractivity contribution in [3.05, 3.63) is 71.9 Å². The second-order valence-corrected chi connectivity index (χ2v) is 6.70. The number of hydrogen-bond acceptors (Lipinski definition) is 7. The maximum Gasteiger partial charge on any atom is 0.360 e. The maximum absolute atomic E-state index is 12.3. The number of hydrogen-bond donors (Lipinski definition) is 0. The summed E-state index contributed by atoms with van der Waals surface area (Å²) >= 11 is 1.24. The summed E-state index contributed by atoms with van der Waals surface area (Å²) in [6.07, 6.45) is 0. The third-order valence-electron chi connectivity index (χ3n) is 3.81. The Hall–Kier alpha value is -3.19. The van der Waals surface area contributed by atoms with E-state index in [1.807, 2.05) is 36.4 Å². The molecule has 1 aromatic heterocycles. The van der Waals surface area contributed by atoms with Crippen molar-refractivity contribution in [1.82, 2.24) is 10.2 Å². The van der Waals surface area contributed by atoms with Gasteiger partial charge in [0.1, 0.15) is 0 Å². The van der Waals surface area contributed by atoms with Gasteiger partial charge in [0.15, 0.2) is 5.69 Å². The van der Waals surface area contributed by atoms with Crippen LogP contribution in [0.3, 0.4) is 0 Å². The molecule has 0 amide bonds. The zero-order chi connectivity index (χ0) is 19.9. The van der Waals surface area contributed by atoms with E-state index in [9.17, 15) is 9.59 Å². The van der Waals surface area contributed by atoms with Crippen molar-refractivity contribution in [1.29, 1.82) is 0 Å². The van der Waals surface area contributed by atoms with Gasteiger partial charge < -0.3 is 9.47 Å². The molecule has 3 aromatic rings. The first-order chi connectivity index (χ1) is 13.6. The van der Waals surface area contributed by atoms with E-state index < -0.39 is 11.9 Å². The van der Waals surface area contributed by atoms with Crippen molar-refractivity contribution in [3.63, 3.8) is 0 Å². The molecule has 142 valence electrons. The molecule has 2 aromatic carbocycles. The van der Waals surface area contributed by atoms with Gasteiger partial charge in [-0.1, -0.05) is 54.2 Å². The third kappa shape index (κ3) is 4.37. The molecule has 0 atom stereocenters. The highest BCUT2D eigenvalue weighted by Gasteiger charge is 2.20. The van der Waals surface area contributed by atoms with Gasteiger partial charge in [-0.15, -0.1) is 10.2 Å². The minimum atomic E-state index is -0.562. The Morgan fingerprint density at radius 3 is 2.36 bits per heavy atom. The molecule has 0 N–H and O–H groups in total. The van der Waals surface area contributed by atoms with Gasteiger partial charge in [0, 0.05) is 15.4 Å². The highest BCUT2D eigenvalue weighted by Crippen LogP contribution is 2.34. The first kappa shape index (κ1) is 19.6. The molecule has 0 spiro atoms. The van der Waals surface area contributed by atoms with E-state index in [2.05, 4.69) is 10.2 Å². The molecule has 0 radical (unpaired) electrons. The van der Waals surface area contributed by atoms with Gasteiger partial charge in [0.25, 0.3) is 0 Å². The zero-order valence-corrected chi connectivity index (χ0v) is 16.2. The van der Waals surface area contributed by atoms with Gasteiger partial charge in [-0.2, -0.15) is 0 Å². The molecule has 0 bridgehead atoms. The third-order valence-corrected chi connectivity index (χ3v) is 4.92. The average molecular weight is 394 g/mol. The summed E-state index contributed by atoms with van der Waals surface area (Å²) in [7, 11) is 1.33. The number of esters is 2. The predicted octanol–water partition coefficient (Wildman–Crippen LogP) is 4.26. The van der Waals surface area contributed by atoms with Crippen molar-refractivity contribution in [2.45, 2.75) is 16.7 Å². The lowest BCUT2D eigenvalue weighted by Crippen LogP contribution is -2.10. The Bertz CT molecular complexity index is 993. The summed E-state index contributed by atoms with van der Waals surface area (Å²) in [5.74, 6) is -1.02. The van der Waals surface area contributed by atoms with E-state index in [0.29, 0.717) is 21.0 Å². The van der Waals surface area contributed by atoms with Gasteiger partial charge in [-0.25, -0.2) is 9.59 Å². The van der Waals surface area contributed by atoms with Crippen molar-refractivity contribution in [3.8, 4) is 11.3 Å². The van der Waals surface area contributed by atoms with Crippen molar-refractivity contribution in [2.24, 2.45) is 0 Å². The van der Waals surface area contributed by atoms with Gasteiger partial charge in [0.05, 0.1) is 25.0 Å². The summed E-state index contributed by atoms with van der Waals surface area (Å²) in [5, 5.41) is 8.28. The number of carbonyl (C=O) groups is 2. The fourth-order valence-electron chi connectivity index (χ4n) is 2.50. The van der Waals surface area contributed by atoms with Crippen LogP contribution in [0.25, 0.3) is 11.3 Å². The van der Waals surface area contributed by atoms with E-state index in [4.69, 9.17) is 9.47 Å². The fraction of sp³-hybridized carbons (Fsp3) is 0.143. The summed E-state index contributed by atoms with van der Waals surface area (Å²) in [6, 6.07) is 18.3. The SMILES string of the molecule is CCOC(=O)c1nnc(-c2ccccc2)cc1Sc1ccccc1C(=O)OC. The molecule has 0 aliphatic rings. The zero-order valence-electron chi connectivity index (χ0n) is 15.4. The second kappa shape index (κ2) is 9.14. The highest BCUT2D eigenvalue weighted by molar-refractivity contribution is 7.99. The van der Waals surface area contributed by atoms with E-state index in [1.165, 1.54) is 18.9 Å². The first-order valence-corrected chi connectivity index (χ1v) is 9.41. The Morgan fingerprint density at radius 2 is 1.64 bits per heavy atom. The Kier molecular flexibility index (Phi) is 6.39. The summed E-state index contributed by atoms with van der Waals surface area (Å²) < 4.78 is 9.96. The molecule has 0 fully saturated rings. The lowest BCUT2D eigenvalue weighted by atomic mass is 10.1. The van der Waals surface area contributed by atoms with Crippen LogP contribution in [0.5, 0.6) is 0 Å². The average Bonchev–Trinajstić information content (AvgIpc) is 2.74. The highest BCUT2D eigenvalue weighted by atomic mass is 32.2. The van der Waals surface area contributed by atoms with E-state index in [-0.39, 0.29) is 12.3 Å². The van der Waals surface area contributed by atoms with Gasteiger partial charge >= 0.3 is 11.9 Å². The molecular formula is C21H18N2O4S. The molecular weight excluding hydrogens is 376 g/mol. The monoisotopic (exact) mass is 394 g/mol. The van der Waals surface area contributed by atoms with Crippen LogP contribution in [0.4, 0.5) is 0 Å². The molecule has 0 saturated carbocycles. The van der Waals surface area contributed by atoms with Crippen LogP contribution < -0.4 is 0 Å². The summed E-state index contributed by atoms with van der Waals surface area (Å²) in [6.45, 7) is 1.95. The van der Waals surface area contributed by atoms with E-state index >= 15 is 0 Å². The molecule has 6 nitrogen and oxygen atoms in total. The maximum atomic E-state index is 12.3. The number of methoxy groups -OCH3 is 1. The fourth-order valence-corrected chi connectivity index (χ4v) is 3.53. The van der Waals surface area contributed by atoms with Crippen molar-refractivity contribution < 1.29 is 19.1 Å². The summed E-state index contributed by atoms with van der Waals surface area (Å²) in [4.78, 5) is 25.6. The van der Waals surface area contributed by atoms with Gasteiger partial charge in [-0.05, 0) is 25.1 Å². The topological polar surface area (TPSA) is 78.4 Å². The number of rotatable bonds is 6. The van der Waals surface area contributed by atoms with Crippen LogP contribution in [-0.4, -0.2) is 35.9 Å². The van der Waals surface area contributed by atoms with Crippen molar-refractivity contribution >= 4 is 23.7 Å². The lowest BCUT2D eigenvalue weighted by molar-refractivity contribution is 0.0513. The Balaban J connectivity index is 2.07. The van der Waals surface area contributed by atoms with E-state index in [0.717, 1.165) is 5.56 Å². The minimum absolute atomic E-state index is 0.103. The summed E-state index contributed by atoms with van der Waals surface area (Å²) in [5.41, 5.74) is 1.99. The standard InChI is InChI=1S/C21H18N2O4S/c1-3-27-21(25)19-18(13-16(22-23-19)14-9-5-4-6-10-14)28-17-12-8-7-11-15(17)20(24)26-2/h4-13H,3H2,1-2H3. The van der Waals surface area contributed by atoms with Crippen molar-refractivity contribution in [2.75, 3.05) is 13.7 Å². The number of carbonyl (C=O) groups excluding carboxylic acids is 2.